The quantitative estimate of drug-likeness (QED) is 0.570. The second kappa shape index (κ2) is 9.21. The average molecular weight is 424 g/mol. The summed E-state index contributed by atoms with van der Waals surface area (Å²) in [5.74, 6) is 1.19. The lowest BCUT2D eigenvalue weighted by atomic mass is 9.82. The van der Waals surface area contributed by atoms with E-state index in [0.29, 0.717) is 5.92 Å². The summed E-state index contributed by atoms with van der Waals surface area (Å²) in [6.45, 7) is 0.897. The molecule has 0 spiro atoms. The molecule has 4 rings (SSSR count). The fourth-order valence-corrected chi connectivity index (χ4v) is 4.68. The molecule has 0 aliphatic heterocycles. The number of pyridine rings is 2. The fraction of sp³-hybridized carbons (Fsp3) is 0.364. The van der Waals surface area contributed by atoms with E-state index >= 15 is 0 Å². The van der Waals surface area contributed by atoms with Crippen LogP contribution in [0.1, 0.15) is 25.7 Å². The molecular weight excluding hydrogens is 398 g/mol. The van der Waals surface area contributed by atoms with Gasteiger partial charge in [-0.1, -0.05) is 23.5 Å². The van der Waals surface area contributed by atoms with Crippen LogP contribution in [0.2, 0.25) is 0 Å². The Bertz CT molecular complexity index is 986. The zero-order chi connectivity index (χ0) is 20.9. The second-order valence-corrected chi connectivity index (χ2v) is 8.70. The molecule has 0 bridgehead atoms. The number of aliphatic carboxylic acids is 1. The summed E-state index contributed by atoms with van der Waals surface area (Å²) in [6, 6.07) is 11.6. The number of hydrogen-bond acceptors (Lipinski definition) is 7. The minimum atomic E-state index is -0.654. The second-order valence-electron chi connectivity index (χ2n) is 7.69. The summed E-state index contributed by atoms with van der Waals surface area (Å²) in [5.41, 5.74) is 0.870. The molecule has 8 heteroatoms. The number of rotatable bonds is 7. The lowest BCUT2D eigenvalue weighted by Crippen LogP contribution is -2.30. The third kappa shape index (κ3) is 4.94. The summed E-state index contributed by atoms with van der Waals surface area (Å²) < 4.78 is 0. The molecule has 156 valence electrons. The van der Waals surface area contributed by atoms with E-state index in [1.165, 1.54) is 0 Å². The molecule has 3 heterocycles. The van der Waals surface area contributed by atoms with Crippen LogP contribution in [-0.4, -0.2) is 39.6 Å². The number of carboxylic acid groups (broad SMARTS) is 1. The van der Waals surface area contributed by atoms with Crippen molar-refractivity contribution < 1.29 is 9.90 Å². The fourth-order valence-electron chi connectivity index (χ4n) is 3.83. The molecule has 7 nitrogen and oxygen atoms in total. The first-order valence-corrected chi connectivity index (χ1v) is 11.0. The molecular formula is C22H25N5O2S. The highest BCUT2D eigenvalue weighted by molar-refractivity contribution is 7.18. The van der Waals surface area contributed by atoms with Crippen LogP contribution in [0.5, 0.6) is 0 Å². The van der Waals surface area contributed by atoms with Crippen molar-refractivity contribution in [3.63, 3.8) is 0 Å². The van der Waals surface area contributed by atoms with Gasteiger partial charge in [0.25, 0.3) is 0 Å². The van der Waals surface area contributed by atoms with Gasteiger partial charge in [0.05, 0.1) is 16.5 Å². The third-order valence-corrected chi connectivity index (χ3v) is 6.60. The Balaban J connectivity index is 1.39. The van der Waals surface area contributed by atoms with Crippen molar-refractivity contribution in [2.75, 3.05) is 23.8 Å². The summed E-state index contributed by atoms with van der Waals surface area (Å²) in [5, 5.41) is 13.3. The van der Waals surface area contributed by atoms with Crippen molar-refractivity contribution in [3.8, 4) is 10.6 Å². The minimum Gasteiger partial charge on any atom is -0.481 e. The Morgan fingerprint density at radius 1 is 1.13 bits per heavy atom. The van der Waals surface area contributed by atoms with Crippen LogP contribution in [0.25, 0.3) is 10.6 Å². The van der Waals surface area contributed by atoms with Gasteiger partial charge < -0.3 is 15.3 Å². The van der Waals surface area contributed by atoms with Gasteiger partial charge in [-0.3, -0.25) is 4.79 Å². The highest BCUT2D eigenvalue weighted by atomic mass is 32.1. The topological polar surface area (TPSA) is 91.2 Å². The van der Waals surface area contributed by atoms with Crippen LogP contribution in [0.15, 0.2) is 48.8 Å². The van der Waals surface area contributed by atoms with Crippen LogP contribution in [0.4, 0.5) is 16.8 Å². The van der Waals surface area contributed by atoms with Crippen molar-refractivity contribution in [2.24, 2.45) is 11.8 Å². The molecule has 0 saturated heterocycles. The maximum Gasteiger partial charge on any atom is 0.306 e. The number of nitrogens with one attached hydrogen (secondary N) is 1. The molecule has 30 heavy (non-hydrogen) atoms. The van der Waals surface area contributed by atoms with Gasteiger partial charge in [-0.05, 0) is 55.9 Å². The number of carboxylic acids is 1. The zero-order valence-corrected chi connectivity index (χ0v) is 17.7. The van der Waals surface area contributed by atoms with E-state index in [2.05, 4.69) is 27.2 Å². The number of aromatic nitrogens is 3. The molecule has 1 saturated carbocycles. The molecule has 1 aliphatic rings. The molecule has 1 aliphatic carbocycles. The zero-order valence-electron chi connectivity index (χ0n) is 16.9. The van der Waals surface area contributed by atoms with Gasteiger partial charge >= 0.3 is 5.97 Å². The molecule has 0 aromatic carbocycles. The van der Waals surface area contributed by atoms with Crippen molar-refractivity contribution in [3.05, 3.63) is 48.8 Å². The van der Waals surface area contributed by atoms with Gasteiger partial charge in [0.2, 0.25) is 0 Å². The van der Waals surface area contributed by atoms with Gasteiger partial charge in [-0.15, -0.1) is 0 Å². The standard InChI is InChI=1S/C22H25N5O2S/c1-27(14-15-8-10-16(11-9-15)21(28)29)22-24-13-18(30-22)17-5-4-7-20(25-17)26-19-6-2-3-12-23-19/h2-7,12-13,15-16H,8-11,14H2,1H3,(H,28,29)(H,23,25,26). The lowest BCUT2D eigenvalue weighted by Gasteiger charge is -2.29. The Kier molecular flexibility index (Phi) is 6.23. The first kappa shape index (κ1) is 20.3. The Morgan fingerprint density at radius 2 is 1.93 bits per heavy atom. The lowest BCUT2D eigenvalue weighted by molar-refractivity contribution is -0.143. The summed E-state index contributed by atoms with van der Waals surface area (Å²) in [4.78, 5) is 27.9. The smallest absolute Gasteiger partial charge is 0.306 e. The summed E-state index contributed by atoms with van der Waals surface area (Å²) in [6.07, 6.45) is 7.08. The number of nitrogens with zero attached hydrogens (tertiary/aromatic N) is 4. The van der Waals surface area contributed by atoms with Gasteiger partial charge in [0.1, 0.15) is 11.6 Å². The van der Waals surface area contributed by atoms with E-state index in [1.54, 1.807) is 17.5 Å². The maximum absolute atomic E-state index is 11.1. The SMILES string of the molecule is CN(CC1CCC(C(=O)O)CC1)c1ncc(-c2cccc(Nc3ccccn3)n2)s1. The first-order chi connectivity index (χ1) is 14.6. The third-order valence-electron chi connectivity index (χ3n) is 5.47. The molecule has 0 atom stereocenters. The number of anilines is 3. The van der Waals surface area contributed by atoms with Gasteiger partial charge in [0, 0.05) is 26.0 Å². The predicted molar refractivity (Wildman–Crippen MR) is 119 cm³/mol. The maximum atomic E-state index is 11.1. The van der Waals surface area contributed by atoms with Crippen molar-refractivity contribution >= 4 is 34.1 Å². The molecule has 3 aromatic heterocycles. The van der Waals surface area contributed by atoms with E-state index in [4.69, 9.17) is 10.1 Å². The molecule has 2 N–H and O–H groups in total. The molecule has 0 unspecified atom stereocenters. The molecule has 0 amide bonds. The van der Waals surface area contributed by atoms with E-state index in [1.807, 2.05) is 42.6 Å². The molecule has 0 radical (unpaired) electrons. The predicted octanol–water partition coefficient (Wildman–Crippen LogP) is 4.67. The van der Waals surface area contributed by atoms with Gasteiger partial charge in [0.15, 0.2) is 5.13 Å². The van der Waals surface area contributed by atoms with Crippen molar-refractivity contribution in [1.82, 2.24) is 15.0 Å². The summed E-state index contributed by atoms with van der Waals surface area (Å²) in [7, 11) is 2.05. The highest BCUT2D eigenvalue weighted by Crippen LogP contribution is 2.33. The Labute approximate surface area is 179 Å². The van der Waals surface area contributed by atoms with Crippen molar-refractivity contribution in [2.45, 2.75) is 25.7 Å². The highest BCUT2D eigenvalue weighted by Gasteiger charge is 2.27. The largest absolute Gasteiger partial charge is 0.481 e. The Morgan fingerprint density at radius 3 is 2.67 bits per heavy atom. The average Bonchev–Trinajstić information content (AvgIpc) is 3.26. The monoisotopic (exact) mass is 423 g/mol. The van der Waals surface area contributed by atoms with Crippen LogP contribution in [-0.2, 0) is 4.79 Å². The number of carbonyl (C=O) groups is 1. The molecule has 1 fully saturated rings. The van der Waals surface area contributed by atoms with Crippen LogP contribution < -0.4 is 10.2 Å². The number of thiazole rings is 1. The van der Waals surface area contributed by atoms with Crippen LogP contribution >= 0.6 is 11.3 Å². The van der Waals surface area contributed by atoms with Crippen LogP contribution in [0.3, 0.4) is 0 Å². The van der Waals surface area contributed by atoms with Gasteiger partial charge in [-0.25, -0.2) is 15.0 Å². The van der Waals surface area contributed by atoms with E-state index in [-0.39, 0.29) is 5.92 Å². The van der Waals surface area contributed by atoms with E-state index in [0.717, 1.165) is 59.6 Å². The summed E-state index contributed by atoms with van der Waals surface area (Å²) >= 11 is 1.62. The van der Waals surface area contributed by atoms with Gasteiger partial charge in [-0.2, -0.15) is 0 Å². The van der Waals surface area contributed by atoms with Crippen molar-refractivity contribution in [1.29, 1.82) is 0 Å². The van der Waals surface area contributed by atoms with Crippen LogP contribution in [0, 0.1) is 11.8 Å². The van der Waals surface area contributed by atoms with E-state index < -0.39 is 5.97 Å². The molecule has 3 aromatic rings. The first-order valence-electron chi connectivity index (χ1n) is 10.1. The normalized spacial score (nSPS) is 18.7. The number of hydrogen-bond donors (Lipinski definition) is 2. The van der Waals surface area contributed by atoms with E-state index in [9.17, 15) is 4.79 Å². The minimum absolute atomic E-state index is 0.170. The Hall–Kier alpha value is -3.00.